The normalized spacial score (nSPS) is 10.8. The highest BCUT2D eigenvalue weighted by atomic mass is 79.9. The van der Waals surface area contributed by atoms with Gasteiger partial charge in [0.05, 0.1) is 0 Å². The van der Waals surface area contributed by atoms with Crippen molar-refractivity contribution in [2.45, 2.75) is 39.8 Å². The Balaban J connectivity index is 3.04. The summed E-state index contributed by atoms with van der Waals surface area (Å²) in [7, 11) is 0. The van der Waals surface area contributed by atoms with Gasteiger partial charge in [0.15, 0.2) is 0 Å². The lowest BCUT2D eigenvalue weighted by Crippen LogP contribution is -2.45. The number of nitrogens with zero attached hydrogens (tertiary/aromatic N) is 1. The zero-order valence-corrected chi connectivity index (χ0v) is 12.7. The highest BCUT2D eigenvalue weighted by Crippen LogP contribution is 2.18. The Labute approximate surface area is 116 Å². The molecule has 0 aliphatic rings. The van der Waals surface area contributed by atoms with Gasteiger partial charge in [-0.05, 0) is 39.8 Å². The molecule has 0 aliphatic heterocycles. The van der Waals surface area contributed by atoms with Gasteiger partial charge >= 0.3 is 0 Å². The Bertz CT molecular complexity index is 447. The van der Waals surface area contributed by atoms with E-state index in [0.29, 0.717) is 10.0 Å². The van der Waals surface area contributed by atoms with Crippen LogP contribution >= 0.6 is 15.9 Å². The van der Waals surface area contributed by atoms with E-state index in [4.69, 9.17) is 0 Å². The molecule has 0 aromatic heterocycles. The number of rotatable bonds is 4. The summed E-state index contributed by atoms with van der Waals surface area (Å²) in [5.41, 5.74) is 0.411. The summed E-state index contributed by atoms with van der Waals surface area (Å²) in [6.45, 7) is 7.63. The molecule has 98 valence electrons. The van der Waals surface area contributed by atoms with Gasteiger partial charge in [0, 0.05) is 22.1 Å². The molecule has 18 heavy (non-hydrogen) atoms. The minimum atomic E-state index is -0.468. The van der Waals surface area contributed by atoms with Crippen molar-refractivity contribution < 1.29 is 9.59 Å². The Morgan fingerprint density at radius 2 is 1.56 bits per heavy atom. The van der Waals surface area contributed by atoms with Crippen LogP contribution in [0.15, 0.2) is 28.7 Å². The largest absolute Gasteiger partial charge is 0.331 e. The molecule has 1 rings (SSSR count). The first kappa shape index (κ1) is 14.9. The first-order chi connectivity index (χ1) is 8.36. The predicted molar refractivity (Wildman–Crippen MR) is 75.6 cm³/mol. The lowest BCUT2D eigenvalue weighted by molar-refractivity contribution is -0.129. The second-order valence-corrected chi connectivity index (χ2v) is 5.56. The van der Waals surface area contributed by atoms with Gasteiger partial charge in [-0.25, -0.2) is 0 Å². The van der Waals surface area contributed by atoms with Crippen LogP contribution in [0.2, 0.25) is 0 Å². The van der Waals surface area contributed by atoms with Gasteiger partial charge in [0.2, 0.25) is 0 Å². The average Bonchev–Trinajstić information content (AvgIpc) is 2.27. The molecule has 0 saturated carbocycles. The van der Waals surface area contributed by atoms with E-state index in [1.54, 1.807) is 23.1 Å². The van der Waals surface area contributed by atoms with Crippen molar-refractivity contribution in [3.05, 3.63) is 34.3 Å². The van der Waals surface area contributed by atoms with Crippen LogP contribution in [0, 0.1) is 0 Å². The zero-order valence-electron chi connectivity index (χ0n) is 11.1. The molecule has 0 radical (unpaired) electrons. The zero-order chi connectivity index (χ0) is 13.9. The van der Waals surface area contributed by atoms with Gasteiger partial charge in [0.1, 0.15) is 0 Å². The van der Waals surface area contributed by atoms with Gasteiger partial charge in [-0.3, -0.25) is 9.59 Å². The molecule has 0 atom stereocenters. The van der Waals surface area contributed by atoms with E-state index in [-0.39, 0.29) is 12.1 Å². The summed E-state index contributed by atoms with van der Waals surface area (Å²) >= 11 is 3.30. The Morgan fingerprint density at radius 3 is 2.00 bits per heavy atom. The number of carbonyl (C=O) groups excluding carboxylic acids is 2. The molecule has 4 heteroatoms. The first-order valence-electron chi connectivity index (χ1n) is 5.97. The molecule has 0 saturated heterocycles. The van der Waals surface area contributed by atoms with E-state index >= 15 is 0 Å². The number of ketones is 1. The molecule has 0 spiro atoms. The van der Waals surface area contributed by atoms with Crippen LogP contribution in [0.5, 0.6) is 0 Å². The van der Waals surface area contributed by atoms with Crippen LogP contribution < -0.4 is 0 Å². The second kappa shape index (κ2) is 6.14. The topological polar surface area (TPSA) is 37.4 Å². The fourth-order valence-electron chi connectivity index (χ4n) is 1.94. The minimum absolute atomic E-state index is 0.00365. The van der Waals surface area contributed by atoms with Crippen molar-refractivity contribution in [3.8, 4) is 0 Å². The molecule has 1 amide bonds. The molecule has 0 heterocycles. The van der Waals surface area contributed by atoms with E-state index in [1.165, 1.54) is 0 Å². The van der Waals surface area contributed by atoms with Gasteiger partial charge < -0.3 is 4.90 Å². The van der Waals surface area contributed by atoms with Crippen molar-refractivity contribution in [2.24, 2.45) is 0 Å². The fraction of sp³-hybridized carbons (Fsp3) is 0.429. The number of halogens is 1. The molecule has 0 N–H and O–H groups in total. The van der Waals surface area contributed by atoms with Crippen LogP contribution in [0.25, 0.3) is 0 Å². The van der Waals surface area contributed by atoms with Crippen molar-refractivity contribution in [1.82, 2.24) is 4.90 Å². The Morgan fingerprint density at radius 1 is 1.06 bits per heavy atom. The molecular weight excluding hydrogens is 294 g/mol. The summed E-state index contributed by atoms with van der Waals surface area (Å²) in [5, 5.41) is 0. The van der Waals surface area contributed by atoms with Gasteiger partial charge in [-0.1, -0.05) is 28.1 Å². The standard InChI is InChI=1S/C14H18BrNO2/c1-9(2)16(10(3)4)14(18)13(17)11-7-5-6-8-12(11)15/h5-10H,1-4H3. The van der Waals surface area contributed by atoms with Gasteiger partial charge in [-0.15, -0.1) is 0 Å². The van der Waals surface area contributed by atoms with E-state index in [9.17, 15) is 9.59 Å². The monoisotopic (exact) mass is 311 g/mol. The third-order valence-corrected chi connectivity index (χ3v) is 3.35. The molecule has 3 nitrogen and oxygen atoms in total. The number of Topliss-reactive ketones (excluding diaryl/α,β-unsaturated/α-hetero) is 1. The number of carbonyl (C=O) groups is 2. The fourth-order valence-corrected chi connectivity index (χ4v) is 2.41. The van der Waals surface area contributed by atoms with Gasteiger partial charge in [0.25, 0.3) is 11.7 Å². The number of benzene rings is 1. The third kappa shape index (κ3) is 3.19. The minimum Gasteiger partial charge on any atom is -0.331 e. The Hall–Kier alpha value is -1.16. The van der Waals surface area contributed by atoms with Crippen molar-refractivity contribution in [2.75, 3.05) is 0 Å². The highest BCUT2D eigenvalue weighted by Gasteiger charge is 2.28. The van der Waals surface area contributed by atoms with Crippen LogP contribution in [0.3, 0.4) is 0 Å². The van der Waals surface area contributed by atoms with Crippen molar-refractivity contribution in [1.29, 1.82) is 0 Å². The maximum Gasteiger partial charge on any atom is 0.295 e. The predicted octanol–water partition coefficient (Wildman–Crippen LogP) is 3.28. The van der Waals surface area contributed by atoms with Crippen LogP contribution in [0.4, 0.5) is 0 Å². The van der Waals surface area contributed by atoms with Gasteiger partial charge in [-0.2, -0.15) is 0 Å². The van der Waals surface area contributed by atoms with E-state index in [0.717, 1.165) is 0 Å². The maximum absolute atomic E-state index is 12.2. The van der Waals surface area contributed by atoms with E-state index < -0.39 is 11.7 Å². The third-order valence-electron chi connectivity index (χ3n) is 2.66. The second-order valence-electron chi connectivity index (χ2n) is 4.71. The summed E-state index contributed by atoms with van der Waals surface area (Å²) in [5.74, 6) is -0.920. The smallest absolute Gasteiger partial charge is 0.295 e. The van der Waals surface area contributed by atoms with E-state index in [1.807, 2.05) is 33.8 Å². The molecule has 0 unspecified atom stereocenters. The lowest BCUT2D eigenvalue weighted by Gasteiger charge is -2.30. The lowest BCUT2D eigenvalue weighted by atomic mass is 10.1. The summed E-state index contributed by atoms with van der Waals surface area (Å²) in [4.78, 5) is 26.0. The molecule has 0 aliphatic carbocycles. The first-order valence-corrected chi connectivity index (χ1v) is 6.77. The molecular formula is C14H18BrNO2. The van der Waals surface area contributed by atoms with Crippen molar-refractivity contribution in [3.63, 3.8) is 0 Å². The molecule has 0 bridgehead atoms. The number of hydrogen-bond donors (Lipinski definition) is 0. The summed E-state index contributed by atoms with van der Waals surface area (Å²) < 4.78 is 0.649. The highest BCUT2D eigenvalue weighted by molar-refractivity contribution is 9.10. The van der Waals surface area contributed by atoms with Crippen LogP contribution in [-0.2, 0) is 4.79 Å². The Kier molecular flexibility index (Phi) is 5.08. The molecule has 1 aromatic rings. The summed E-state index contributed by atoms with van der Waals surface area (Å²) in [6.07, 6.45) is 0. The maximum atomic E-state index is 12.2. The summed E-state index contributed by atoms with van der Waals surface area (Å²) in [6, 6.07) is 6.99. The average molecular weight is 312 g/mol. The quantitative estimate of drug-likeness (QED) is 0.632. The van der Waals surface area contributed by atoms with E-state index in [2.05, 4.69) is 15.9 Å². The molecule has 1 aromatic carbocycles. The van der Waals surface area contributed by atoms with Crippen LogP contribution in [-0.4, -0.2) is 28.7 Å². The van der Waals surface area contributed by atoms with Crippen LogP contribution in [0.1, 0.15) is 38.1 Å². The molecule has 0 fully saturated rings. The number of amides is 1. The van der Waals surface area contributed by atoms with Crippen molar-refractivity contribution >= 4 is 27.6 Å². The SMILES string of the molecule is CC(C)N(C(=O)C(=O)c1ccccc1Br)C(C)C. The number of hydrogen-bond acceptors (Lipinski definition) is 2.